The molecule has 3 rings (SSSR count). The van der Waals surface area contributed by atoms with Crippen LogP contribution in [-0.2, 0) is 19.0 Å². The summed E-state index contributed by atoms with van der Waals surface area (Å²) in [5, 5.41) is 10.5. The fourth-order valence-corrected chi connectivity index (χ4v) is 3.49. The normalized spacial score (nSPS) is 52.7. The molecule has 0 amide bonds. The van der Waals surface area contributed by atoms with Crippen molar-refractivity contribution in [2.75, 3.05) is 6.61 Å². The van der Waals surface area contributed by atoms with Crippen LogP contribution in [0, 0.1) is 11.3 Å². The molecular weight excluding hydrogens is 236 g/mol. The molecule has 100 valence electrons. The van der Waals surface area contributed by atoms with E-state index >= 15 is 0 Å². The van der Waals surface area contributed by atoms with Crippen LogP contribution >= 0.6 is 0 Å². The average Bonchev–Trinajstić information content (AvgIpc) is 2.75. The molecule has 0 aromatic carbocycles. The molecule has 2 saturated heterocycles. The Kier molecular flexibility index (Phi) is 2.40. The van der Waals surface area contributed by atoms with Gasteiger partial charge < -0.3 is 19.3 Å². The fourth-order valence-electron chi connectivity index (χ4n) is 3.49. The van der Waals surface area contributed by atoms with Gasteiger partial charge in [0, 0.05) is 6.92 Å². The lowest BCUT2D eigenvalue weighted by Gasteiger charge is -2.47. The van der Waals surface area contributed by atoms with Crippen molar-refractivity contribution in [1.82, 2.24) is 0 Å². The minimum absolute atomic E-state index is 0.0684. The molecule has 5 nitrogen and oxygen atoms in total. The highest BCUT2D eigenvalue weighted by atomic mass is 16.8. The number of esters is 1. The third-order valence-corrected chi connectivity index (χ3v) is 4.53. The van der Waals surface area contributed by atoms with Gasteiger partial charge in [-0.3, -0.25) is 4.79 Å². The Labute approximate surface area is 106 Å². The van der Waals surface area contributed by atoms with Crippen molar-refractivity contribution in [2.24, 2.45) is 11.3 Å². The molecule has 2 aliphatic heterocycles. The van der Waals surface area contributed by atoms with E-state index in [1.807, 2.05) is 19.1 Å². The van der Waals surface area contributed by atoms with Gasteiger partial charge in [0.1, 0.15) is 24.9 Å². The molecule has 1 N–H and O–H groups in total. The van der Waals surface area contributed by atoms with Crippen LogP contribution in [0.2, 0.25) is 0 Å². The first-order chi connectivity index (χ1) is 8.40. The van der Waals surface area contributed by atoms with E-state index in [9.17, 15) is 9.90 Å². The molecule has 0 spiro atoms. The van der Waals surface area contributed by atoms with Crippen LogP contribution < -0.4 is 0 Å². The summed E-state index contributed by atoms with van der Waals surface area (Å²) in [6, 6.07) is 0. The zero-order valence-corrected chi connectivity index (χ0v) is 10.8. The Hall–Kier alpha value is -0.910. The van der Waals surface area contributed by atoms with Crippen LogP contribution in [0.4, 0.5) is 0 Å². The smallest absolute Gasteiger partial charge is 0.302 e. The number of fused-ring (bicyclic) bond motifs is 1. The maximum Gasteiger partial charge on any atom is 0.302 e. The number of rotatable bonds is 2. The average molecular weight is 254 g/mol. The molecule has 0 saturated carbocycles. The van der Waals surface area contributed by atoms with Gasteiger partial charge in [0.05, 0.1) is 5.41 Å². The second-order valence-electron chi connectivity index (χ2n) is 5.61. The van der Waals surface area contributed by atoms with Crippen LogP contribution in [0.5, 0.6) is 0 Å². The Morgan fingerprint density at radius 3 is 2.78 bits per heavy atom. The summed E-state index contributed by atoms with van der Waals surface area (Å²) in [5.74, 6) is -1.27. The molecule has 0 aromatic rings. The fraction of sp³-hybridized carbons (Fsp3) is 0.769. The lowest BCUT2D eigenvalue weighted by Crippen LogP contribution is -2.61. The lowest BCUT2D eigenvalue weighted by atomic mass is 9.63. The first-order valence-corrected chi connectivity index (χ1v) is 6.25. The van der Waals surface area contributed by atoms with Gasteiger partial charge in [-0.15, -0.1) is 0 Å². The van der Waals surface area contributed by atoms with Gasteiger partial charge in [-0.25, -0.2) is 0 Å². The molecule has 0 unspecified atom stereocenters. The summed E-state index contributed by atoms with van der Waals surface area (Å²) in [6.45, 7) is 5.28. The van der Waals surface area contributed by atoms with Crippen LogP contribution in [0.1, 0.15) is 20.8 Å². The molecule has 3 aliphatic rings. The predicted molar refractivity (Wildman–Crippen MR) is 61.5 cm³/mol. The summed E-state index contributed by atoms with van der Waals surface area (Å²) in [5.41, 5.74) is -0.599. The van der Waals surface area contributed by atoms with E-state index in [0.29, 0.717) is 0 Å². The van der Waals surface area contributed by atoms with E-state index in [1.54, 1.807) is 6.92 Å². The summed E-state index contributed by atoms with van der Waals surface area (Å²) < 4.78 is 16.7. The van der Waals surface area contributed by atoms with Gasteiger partial charge in [-0.1, -0.05) is 19.1 Å². The zero-order valence-electron chi connectivity index (χ0n) is 10.8. The Morgan fingerprint density at radius 1 is 1.44 bits per heavy atom. The topological polar surface area (TPSA) is 65.0 Å². The molecular formula is C13H18O5. The Morgan fingerprint density at radius 2 is 2.17 bits per heavy atom. The maximum absolute atomic E-state index is 11.1. The molecule has 0 radical (unpaired) electrons. The number of hydrogen-bond donors (Lipinski definition) is 1. The Balaban J connectivity index is 1.99. The standard InChI is InChI=1S/C13H18O5/c1-7-4-5-9-10-13(7,6-16-8(2)14)11(15)12(3,17-9)18-10/h4-5,7,9-11,15H,6H2,1-3H3/t7-,9+,10+,11-,12+,13-/m0/s1. The number of aliphatic hydroxyl groups excluding tert-OH is 1. The molecule has 1 aliphatic carbocycles. The van der Waals surface area contributed by atoms with E-state index in [0.717, 1.165) is 0 Å². The van der Waals surface area contributed by atoms with Crippen molar-refractivity contribution in [2.45, 2.75) is 44.9 Å². The highest BCUT2D eigenvalue weighted by Crippen LogP contribution is 2.59. The van der Waals surface area contributed by atoms with E-state index in [4.69, 9.17) is 14.2 Å². The van der Waals surface area contributed by atoms with Gasteiger partial charge >= 0.3 is 5.97 Å². The number of allylic oxidation sites excluding steroid dienone is 1. The molecule has 6 atom stereocenters. The lowest BCUT2D eigenvalue weighted by molar-refractivity contribution is -0.220. The van der Waals surface area contributed by atoms with Crippen molar-refractivity contribution in [3.05, 3.63) is 12.2 Å². The summed E-state index contributed by atoms with van der Waals surface area (Å²) in [6.07, 6.45) is 2.76. The predicted octanol–water partition coefficient (Wildman–Crippen LogP) is 0.617. The number of carbonyl (C=O) groups excluding carboxylic acids is 1. The van der Waals surface area contributed by atoms with Gasteiger partial charge in [0.15, 0.2) is 5.79 Å². The second-order valence-corrected chi connectivity index (χ2v) is 5.61. The van der Waals surface area contributed by atoms with Crippen molar-refractivity contribution >= 4 is 5.97 Å². The summed E-state index contributed by atoms with van der Waals surface area (Å²) in [7, 11) is 0. The van der Waals surface area contributed by atoms with Crippen molar-refractivity contribution in [3.63, 3.8) is 0 Å². The monoisotopic (exact) mass is 254 g/mol. The van der Waals surface area contributed by atoms with E-state index < -0.39 is 17.3 Å². The molecule has 2 bridgehead atoms. The molecule has 0 aromatic heterocycles. The third-order valence-electron chi connectivity index (χ3n) is 4.53. The second kappa shape index (κ2) is 3.56. The van der Waals surface area contributed by atoms with Gasteiger partial charge in [-0.2, -0.15) is 0 Å². The van der Waals surface area contributed by atoms with Gasteiger partial charge in [0.25, 0.3) is 0 Å². The van der Waals surface area contributed by atoms with Gasteiger partial charge in [-0.05, 0) is 12.8 Å². The Bertz CT molecular complexity index is 420. The molecule has 5 heteroatoms. The third kappa shape index (κ3) is 1.30. The minimum atomic E-state index is -0.992. The first-order valence-electron chi connectivity index (χ1n) is 6.25. The van der Waals surface area contributed by atoms with Crippen LogP contribution in [0.25, 0.3) is 0 Å². The first kappa shape index (κ1) is 12.1. The quantitative estimate of drug-likeness (QED) is 0.578. The number of aliphatic hydroxyl groups is 1. The molecule has 18 heavy (non-hydrogen) atoms. The van der Waals surface area contributed by atoms with E-state index in [1.165, 1.54) is 6.92 Å². The highest BCUT2D eigenvalue weighted by Gasteiger charge is 2.72. The molecule has 2 fully saturated rings. The number of hydrogen-bond acceptors (Lipinski definition) is 5. The highest BCUT2D eigenvalue weighted by molar-refractivity contribution is 5.66. The van der Waals surface area contributed by atoms with Crippen molar-refractivity contribution in [1.29, 1.82) is 0 Å². The van der Waals surface area contributed by atoms with Crippen LogP contribution in [-0.4, -0.2) is 41.8 Å². The summed E-state index contributed by atoms with van der Waals surface area (Å²) >= 11 is 0. The number of carbonyl (C=O) groups is 1. The van der Waals surface area contributed by atoms with Crippen LogP contribution in [0.15, 0.2) is 12.2 Å². The largest absolute Gasteiger partial charge is 0.465 e. The molecule has 2 heterocycles. The van der Waals surface area contributed by atoms with Crippen molar-refractivity contribution < 1.29 is 24.1 Å². The number of ether oxygens (including phenoxy) is 3. The summed E-state index contributed by atoms with van der Waals surface area (Å²) in [4.78, 5) is 11.1. The minimum Gasteiger partial charge on any atom is -0.465 e. The zero-order chi connectivity index (χ0) is 13.1. The van der Waals surface area contributed by atoms with Gasteiger partial charge in [0.2, 0.25) is 0 Å². The van der Waals surface area contributed by atoms with Crippen LogP contribution in [0.3, 0.4) is 0 Å². The maximum atomic E-state index is 11.1. The SMILES string of the molecule is CC(=O)OC[C@@]12[C@@H]3O[C@@](C)(O[C@@H]3C=C[C@@H]1C)[C@@H]2O. The van der Waals surface area contributed by atoms with E-state index in [-0.39, 0.29) is 30.7 Å². The van der Waals surface area contributed by atoms with E-state index in [2.05, 4.69) is 0 Å². The van der Waals surface area contributed by atoms with Crippen molar-refractivity contribution in [3.8, 4) is 0 Å².